The molecule has 0 saturated carbocycles. The number of hydrogen-bond acceptors (Lipinski definition) is 26. The maximum Gasteiger partial charge on any atom is 0.353 e. The van der Waals surface area contributed by atoms with E-state index in [4.69, 9.17) is 9.29 Å². The lowest BCUT2D eigenvalue weighted by atomic mass is 10.1. The molecule has 6 rings (SSSR count). The van der Waals surface area contributed by atoms with Crippen LogP contribution in [0.4, 0.5) is 0 Å². The zero-order valence-electron chi connectivity index (χ0n) is 46.7. The number of nitrogens with one attached hydrogen (secondary N) is 3. The molecule has 3 saturated heterocycles. The van der Waals surface area contributed by atoms with Gasteiger partial charge in [-0.1, -0.05) is 0 Å². The van der Waals surface area contributed by atoms with Gasteiger partial charge in [0, 0.05) is 140 Å². The summed E-state index contributed by atoms with van der Waals surface area (Å²) in [5, 5.41) is 6.18. The first kappa shape index (κ1) is 70.6. The van der Waals surface area contributed by atoms with Crippen LogP contribution in [0.2, 0.25) is 0 Å². The van der Waals surface area contributed by atoms with Crippen molar-refractivity contribution in [2.75, 3.05) is 52.5 Å². The number of ether oxygens (including phenoxy) is 1. The van der Waals surface area contributed by atoms with Crippen molar-refractivity contribution in [1.82, 2.24) is 45.8 Å². The number of Topliss-reactive ketones (excluding diaryl/α,β-unsaturated/α-hetero) is 2. The van der Waals surface area contributed by atoms with Crippen LogP contribution >= 0.6 is 0 Å². The SMILES string of the molecule is O=C(CCC(=O)NCC(=O)CCCC(=O)ON1C(=O)CCC1=O)CNC(=O)CCCN1C(=O)C=CC1=O.O=C(CCN1C(=O)C=CC1=O)NCCOCCC(=O)ON1C(=O)CCC1=O.O=C(ON1C(=O)CCC1=O)C(CCN1C(=O)C=CC1=O)S(=O)(=O)O. The molecule has 37 heteroatoms. The molecule has 3 fully saturated rings. The Hall–Kier alpha value is -9.91. The number of ketones is 2. The van der Waals surface area contributed by atoms with Gasteiger partial charge < -0.3 is 35.2 Å². The first-order valence-electron chi connectivity index (χ1n) is 26.7. The van der Waals surface area contributed by atoms with Crippen molar-refractivity contribution in [1.29, 1.82) is 0 Å². The Balaban J connectivity index is 0.000000290. The summed E-state index contributed by atoms with van der Waals surface area (Å²) in [6, 6.07) is 0. The van der Waals surface area contributed by atoms with Crippen molar-refractivity contribution in [3.05, 3.63) is 36.5 Å². The number of hydroxylamine groups is 6. The van der Waals surface area contributed by atoms with Crippen LogP contribution in [0.25, 0.3) is 0 Å². The number of rotatable bonds is 32. The topological polar surface area (TPSA) is 488 Å². The van der Waals surface area contributed by atoms with Gasteiger partial charge in [-0.25, -0.2) is 14.4 Å². The fourth-order valence-corrected chi connectivity index (χ4v) is 8.35. The van der Waals surface area contributed by atoms with Crippen LogP contribution in [-0.2, 0) is 125 Å². The molecule has 15 amide bonds. The molecule has 0 radical (unpaired) electrons. The molecule has 0 aromatic heterocycles. The van der Waals surface area contributed by atoms with Crippen LogP contribution in [0, 0.1) is 0 Å². The minimum absolute atomic E-state index is 0.00284. The van der Waals surface area contributed by atoms with Crippen LogP contribution in [0.15, 0.2) is 36.5 Å². The maximum absolute atomic E-state index is 11.9. The van der Waals surface area contributed by atoms with Gasteiger partial charge in [0.1, 0.15) is 0 Å². The Bertz CT molecular complexity index is 3000. The minimum atomic E-state index is -4.96. The molecule has 0 aromatic rings. The summed E-state index contributed by atoms with van der Waals surface area (Å²) in [7, 11) is -4.96. The number of carbonyl (C=O) groups excluding carboxylic acids is 20. The van der Waals surface area contributed by atoms with Crippen molar-refractivity contribution >= 4 is 128 Å². The highest BCUT2D eigenvalue weighted by atomic mass is 32.2. The summed E-state index contributed by atoms with van der Waals surface area (Å²) in [6.07, 6.45) is 5.11. The predicted octanol–water partition coefficient (Wildman–Crippen LogP) is -4.78. The Morgan fingerprint density at radius 3 is 1.27 bits per heavy atom. The average molecular weight is 1260 g/mol. The van der Waals surface area contributed by atoms with E-state index in [-0.39, 0.29) is 159 Å². The number of hydrogen-bond donors (Lipinski definition) is 4. The van der Waals surface area contributed by atoms with Gasteiger partial charge in [0.05, 0.1) is 32.7 Å². The van der Waals surface area contributed by atoms with Crippen molar-refractivity contribution in [3.63, 3.8) is 0 Å². The molecule has 6 heterocycles. The number of amides is 15. The molecule has 1 unspecified atom stereocenters. The van der Waals surface area contributed by atoms with Gasteiger partial charge in [0.15, 0.2) is 16.8 Å². The normalized spacial score (nSPS) is 16.6. The highest BCUT2D eigenvalue weighted by Gasteiger charge is 2.41. The van der Waals surface area contributed by atoms with Gasteiger partial charge in [0.2, 0.25) is 17.7 Å². The lowest BCUT2D eigenvalue weighted by molar-refractivity contribution is -0.198. The van der Waals surface area contributed by atoms with E-state index >= 15 is 0 Å². The van der Waals surface area contributed by atoms with Crippen molar-refractivity contribution in [3.8, 4) is 0 Å². The van der Waals surface area contributed by atoms with E-state index in [0.717, 1.165) is 46.3 Å². The van der Waals surface area contributed by atoms with Crippen molar-refractivity contribution in [2.45, 2.75) is 108 Å². The Kier molecular flexibility index (Phi) is 27.5. The molecule has 6 aliphatic heterocycles. The van der Waals surface area contributed by atoms with E-state index < -0.39 is 135 Å². The standard InChI is InChI=1S/C23H28N4O10.C16H19N3O8.C12H12N2O9S/c28-15(3-1-5-23(36)37-27-21(34)10-11-22(27)35)13-25-18(31)7-6-16(29)14-24-17(30)4-2-12-26-19(32)8-9-20(26)33;20-11(5-8-18-12(21)1-2-13(18)22)17-7-10-26-9-6-16(25)27-19-14(23)3-4-15(19)24;15-8-1-2-9(16)13(8)6-5-7(24(20,21)22)12(19)23-14-10(17)3-4-11(14)18/h8-9H,1-7,10-14H2,(H,24,30)(H,25,31);1-2H,3-10H2,(H,17,20);1-2,7H,3-6H2,(H,20,21,22). The minimum Gasteiger partial charge on any atom is -0.379 e. The van der Waals surface area contributed by atoms with E-state index in [9.17, 15) is 104 Å². The first-order valence-corrected chi connectivity index (χ1v) is 28.2. The molecule has 4 N–H and O–H groups in total. The van der Waals surface area contributed by atoms with Gasteiger partial charge >= 0.3 is 17.9 Å². The second kappa shape index (κ2) is 34.3. The smallest absolute Gasteiger partial charge is 0.353 e. The second-order valence-electron chi connectivity index (χ2n) is 18.9. The third-order valence-corrected chi connectivity index (χ3v) is 13.5. The van der Waals surface area contributed by atoms with Gasteiger partial charge in [-0.3, -0.25) is 101 Å². The van der Waals surface area contributed by atoms with Crippen LogP contribution in [0.1, 0.15) is 103 Å². The van der Waals surface area contributed by atoms with Gasteiger partial charge in [0.25, 0.3) is 81.0 Å². The van der Waals surface area contributed by atoms with Gasteiger partial charge in [-0.2, -0.15) is 8.42 Å². The van der Waals surface area contributed by atoms with Gasteiger partial charge in [-0.15, -0.1) is 15.2 Å². The summed E-state index contributed by atoms with van der Waals surface area (Å²) in [5.41, 5.74) is 0. The molecule has 36 nitrogen and oxygen atoms in total. The monoisotopic (exact) mass is 1260 g/mol. The molecule has 0 bridgehead atoms. The Morgan fingerprint density at radius 1 is 0.432 bits per heavy atom. The second-order valence-corrected chi connectivity index (χ2v) is 20.5. The largest absolute Gasteiger partial charge is 0.379 e. The Morgan fingerprint density at radius 2 is 0.818 bits per heavy atom. The lowest BCUT2D eigenvalue weighted by Gasteiger charge is -2.19. The number of nitrogens with zero attached hydrogens (tertiary/aromatic N) is 6. The fraction of sp³-hybridized carbons (Fsp3) is 0.490. The zero-order valence-corrected chi connectivity index (χ0v) is 47.5. The van der Waals surface area contributed by atoms with E-state index in [1.165, 1.54) is 0 Å². The molecule has 6 aliphatic rings. The highest BCUT2D eigenvalue weighted by molar-refractivity contribution is 7.87. The van der Waals surface area contributed by atoms with Gasteiger partial charge in [-0.05, 0) is 19.3 Å². The maximum atomic E-state index is 11.9. The van der Waals surface area contributed by atoms with Crippen LogP contribution in [-0.4, -0.2) is 219 Å². The molecular weight excluding hydrogens is 1200 g/mol. The third kappa shape index (κ3) is 23.2. The molecule has 0 aliphatic carbocycles. The molecule has 0 spiro atoms. The molecule has 0 aromatic carbocycles. The van der Waals surface area contributed by atoms with E-state index in [0.29, 0.717) is 15.0 Å². The zero-order chi connectivity index (χ0) is 65.3. The number of imide groups is 6. The fourth-order valence-electron chi connectivity index (χ4n) is 7.66. The van der Waals surface area contributed by atoms with Crippen molar-refractivity contribution in [2.24, 2.45) is 0 Å². The van der Waals surface area contributed by atoms with Crippen LogP contribution in [0.5, 0.6) is 0 Å². The third-order valence-electron chi connectivity index (χ3n) is 12.3. The molecule has 476 valence electrons. The molecular formula is C51H59N9O27S. The Labute approximate surface area is 497 Å². The van der Waals surface area contributed by atoms with E-state index in [1.54, 1.807) is 0 Å². The summed E-state index contributed by atoms with van der Waals surface area (Å²) >= 11 is 0. The predicted molar refractivity (Wildman–Crippen MR) is 280 cm³/mol. The van der Waals surface area contributed by atoms with E-state index in [1.807, 2.05) is 0 Å². The lowest BCUT2D eigenvalue weighted by Crippen LogP contribution is -2.42. The summed E-state index contributed by atoms with van der Waals surface area (Å²) in [5.74, 6) is -12.3. The highest BCUT2D eigenvalue weighted by Crippen LogP contribution is 2.18. The summed E-state index contributed by atoms with van der Waals surface area (Å²) in [4.78, 5) is 247. The first-order chi connectivity index (χ1) is 41.5. The quantitative estimate of drug-likeness (QED) is 0.0279. The average Bonchev–Trinajstić information content (AvgIpc) is 4.41. The van der Waals surface area contributed by atoms with Crippen LogP contribution < -0.4 is 16.0 Å². The molecule has 1 atom stereocenters. The van der Waals surface area contributed by atoms with E-state index in [2.05, 4.69) is 30.5 Å². The van der Waals surface area contributed by atoms with Crippen molar-refractivity contribution < 1.29 is 128 Å². The summed E-state index contributed by atoms with van der Waals surface area (Å²) < 4.78 is 37.0. The summed E-state index contributed by atoms with van der Waals surface area (Å²) in [6.45, 7) is -0.661. The molecule has 88 heavy (non-hydrogen) atoms. The van der Waals surface area contributed by atoms with Crippen LogP contribution in [0.3, 0.4) is 0 Å². The number of carbonyl (C=O) groups is 20.